The van der Waals surface area contributed by atoms with Crippen LogP contribution >= 0.6 is 0 Å². The Labute approximate surface area is 261 Å². The van der Waals surface area contributed by atoms with Crippen LogP contribution in [0.3, 0.4) is 0 Å². The number of rotatable bonds is 4. The molecule has 4 aliphatic carbocycles. The highest BCUT2D eigenvalue weighted by Gasteiger charge is 2.64. The maximum absolute atomic E-state index is 14.6. The van der Waals surface area contributed by atoms with Crippen LogP contribution in [0, 0.1) is 34.5 Å². The van der Waals surface area contributed by atoms with Crippen molar-refractivity contribution in [2.75, 3.05) is 7.11 Å². The number of phenols is 2. The molecule has 0 spiro atoms. The molecule has 2 saturated carbocycles. The number of aliphatic hydroxyl groups is 2. The normalized spacial score (nSPS) is 36.2. The summed E-state index contributed by atoms with van der Waals surface area (Å²) in [5, 5.41) is 43.0. The van der Waals surface area contributed by atoms with E-state index in [1.54, 1.807) is 0 Å². The van der Waals surface area contributed by atoms with Gasteiger partial charge in [-0.3, -0.25) is 14.4 Å². The number of hydrogen-bond donors (Lipinski definition) is 4. The molecule has 8 atom stereocenters. The van der Waals surface area contributed by atoms with Gasteiger partial charge in [0.05, 0.1) is 19.3 Å². The summed E-state index contributed by atoms with van der Waals surface area (Å²) in [6, 6.07) is 3.42. The molecular formula is C36H42O9. The smallest absolute Gasteiger partial charge is 0.202 e. The predicted molar refractivity (Wildman–Crippen MR) is 166 cm³/mol. The van der Waals surface area contributed by atoms with E-state index >= 15 is 0 Å². The second-order valence-electron chi connectivity index (χ2n) is 14.6. The van der Waals surface area contributed by atoms with Crippen LogP contribution in [-0.4, -0.2) is 51.3 Å². The third-order valence-electron chi connectivity index (χ3n) is 11.8. The van der Waals surface area contributed by atoms with Crippen LogP contribution in [0.15, 0.2) is 63.0 Å². The topological polar surface area (TPSA) is 154 Å². The van der Waals surface area contributed by atoms with Crippen molar-refractivity contribution in [3.8, 4) is 11.5 Å². The van der Waals surface area contributed by atoms with Crippen LogP contribution in [0.25, 0.3) is 11.0 Å². The second kappa shape index (κ2) is 10.4. The molecule has 240 valence electrons. The molecule has 0 bridgehead atoms. The zero-order valence-electron chi connectivity index (χ0n) is 26.4. The lowest BCUT2D eigenvalue weighted by Crippen LogP contribution is -2.59. The van der Waals surface area contributed by atoms with E-state index in [-0.39, 0.29) is 51.9 Å². The summed E-state index contributed by atoms with van der Waals surface area (Å²) in [6.07, 6.45) is 3.89. The van der Waals surface area contributed by atoms with E-state index < -0.39 is 57.6 Å². The number of hydrogen-bond acceptors (Lipinski definition) is 9. The minimum Gasteiger partial charge on any atom is -0.508 e. The average molecular weight is 619 g/mol. The van der Waals surface area contributed by atoms with Gasteiger partial charge in [-0.25, -0.2) is 0 Å². The molecule has 1 heterocycles. The third-order valence-corrected chi connectivity index (χ3v) is 11.8. The number of ketones is 2. The molecule has 9 nitrogen and oxygen atoms in total. The number of aliphatic hydroxyl groups excluding tert-OH is 2. The quantitative estimate of drug-likeness (QED) is 0.353. The van der Waals surface area contributed by atoms with E-state index in [2.05, 4.69) is 27.4 Å². The van der Waals surface area contributed by atoms with Crippen LogP contribution < -0.4 is 5.43 Å². The number of benzene rings is 1. The average Bonchev–Trinajstić information content (AvgIpc) is 2.93. The number of carbonyl (C=O) groups excluding carboxylic acids is 2. The van der Waals surface area contributed by atoms with E-state index in [9.17, 15) is 34.8 Å². The SMILES string of the molecule is C=C1[C@H](O)C[C@@H]2C(C)(C)C[C@@H](O)C[C@@]2(C)[C@@H]1CC1C(C)=CCC2C(=O)C(OC)=CC(=O)C21c1cc(=O)c2c(O)cc(O)cc2o1. The lowest BCUT2D eigenvalue weighted by Gasteiger charge is -2.61. The summed E-state index contributed by atoms with van der Waals surface area (Å²) in [5.74, 6) is -3.69. The Morgan fingerprint density at radius 3 is 2.44 bits per heavy atom. The summed E-state index contributed by atoms with van der Waals surface area (Å²) in [4.78, 5) is 42.1. The van der Waals surface area contributed by atoms with Crippen molar-refractivity contribution in [1.82, 2.24) is 0 Å². The molecular weight excluding hydrogens is 576 g/mol. The molecule has 6 rings (SSSR count). The van der Waals surface area contributed by atoms with Crippen LogP contribution in [-0.2, 0) is 19.7 Å². The van der Waals surface area contributed by atoms with E-state index in [1.807, 2.05) is 13.0 Å². The van der Waals surface area contributed by atoms with Crippen LogP contribution in [0.1, 0.15) is 65.6 Å². The van der Waals surface area contributed by atoms with Gasteiger partial charge >= 0.3 is 0 Å². The summed E-state index contributed by atoms with van der Waals surface area (Å²) in [7, 11) is 1.33. The maximum atomic E-state index is 14.6. The first-order valence-electron chi connectivity index (χ1n) is 15.6. The number of ether oxygens (including phenoxy) is 1. The molecule has 1 aromatic carbocycles. The zero-order valence-corrected chi connectivity index (χ0v) is 26.4. The van der Waals surface area contributed by atoms with Crippen LogP contribution in [0.2, 0.25) is 0 Å². The Hall–Kier alpha value is -3.69. The molecule has 0 saturated heterocycles. The van der Waals surface area contributed by atoms with Crippen molar-refractivity contribution in [3.63, 3.8) is 0 Å². The van der Waals surface area contributed by atoms with Crippen molar-refractivity contribution in [3.05, 3.63) is 69.8 Å². The number of carbonyl (C=O) groups is 2. The first-order valence-corrected chi connectivity index (χ1v) is 15.6. The molecule has 1 aromatic heterocycles. The molecule has 3 unspecified atom stereocenters. The fourth-order valence-corrected chi connectivity index (χ4v) is 9.85. The lowest BCUT2D eigenvalue weighted by atomic mass is 9.44. The van der Waals surface area contributed by atoms with E-state index in [1.165, 1.54) is 25.3 Å². The van der Waals surface area contributed by atoms with Crippen molar-refractivity contribution < 1.29 is 39.2 Å². The van der Waals surface area contributed by atoms with E-state index in [0.717, 1.165) is 11.6 Å². The molecule has 4 aliphatic rings. The van der Waals surface area contributed by atoms with Crippen molar-refractivity contribution in [2.24, 2.45) is 34.5 Å². The highest BCUT2D eigenvalue weighted by molar-refractivity contribution is 6.14. The molecule has 0 aliphatic heterocycles. The Morgan fingerprint density at radius 1 is 1.04 bits per heavy atom. The molecule has 45 heavy (non-hydrogen) atoms. The number of allylic oxidation sites excluding steroid dienone is 4. The van der Waals surface area contributed by atoms with Crippen molar-refractivity contribution >= 4 is 22.5 Å². The van der Waals surface area contributed by atoms with Gasteiger partial charge in [-0.1, -0.05) is 39.0 Å². The summed E-state index contributed by atoms with van der Waals surface area (Å²) in [5.41, 5.74) is -1.70. The van der Waals surface area contributed by atoms with Gasteiger partial charge in [0.15, 0.2) is 17.0 Å². The van der Waals surface area contributed by atoms with E-state index in [0.29, 0.717) is 31.3 Å². The zero-order chi connectivity index (χ0) is 32.8. The molecule has 4 N–H and O–H groups in total. The minimum absolute atomic E-state index is 0.0371. The third kappa shape index (κ3) is 4.45. The number of fused-ring (bicyclic) bond motifs is 3. The predicted octanol–water partition coefficient (Wildman–Crippen LogP) is 4.84. The number of phenolic OH excluding ortho intramolecular Hbond substituents is 2. The van der Waals surface area contributed by atoms with Gasteiger partial charge in [-0.2, -0.15) is 0 Å². The van der Waals surface area contributed by atoms with Crippen LogP contribution in [0.5, 0.6) is 11.5 Å². The van der Waals surface area contributed by atoms with Gasteiger partial charge in [0.2, 0.25) is 5.78 Å². The van der Waals surface area contributed by atoms with E-state index in [4.69, 9.17) is 9.15 Å². The minimum atomic E-state index is -1.66. The monoisotopic (exact) mass is 618 g/mol. The molecule has 9 heteroatoms. The Bertz CT molecular complexity index is 1740. The Kier molecular flexibility index (Phi) is 7.25. The Morgan fingerprint density at radius 2 is 1.76 bits per heavy atom. The summed E-state index contributed by atoms with van der Waals surface area (Å²) < 4.78 is 11.6. The molecule has 0 radical (unpaired) electrons. The lowest BCUT2D eigenvalue weighted by molar-refractivity contribution is -0.141. The summed E-state index contributed by atoms with van der Waals surface area (Å²) >= 11 is 0. The highest BCUT2D eigenvalue weighted by atomic mass is 16.5. The second-order valence-corrected chi connectivity index (χ2v) is 14.6. The first kappa shape index (κ1) is 31.3. The molecule has 0 amide bonds. The van der Waals surface area contributed by atoms with Crippen LogP contribution in [0.4, 0.5) is 0 Å². The summed E-state index contributed by atoms with van der Waals surface area (Å²) in [6.45, 7) is 12.6. The standard InChI is InChI=1S/C36H42O9/c1-17-7-8-21-33(43)28(44-6)14-30(42)36(21,31-13-26(41)32-25(40)9-19(37)10-27(32)45-31)22(17)11-23-18(2)24(39)12-29-34(3,4)15-20(38)16-35(23,29)5/h7,9-10,13-14,20-24,29,37-40H,2,8,11-12,15-16H2,1,3-6H3/t20-,21?,22?,23-,24-,29-,35+,36?/m1/s1. The van der Waals surface area contributed by atoms with Crippen molar-refractivity contribution in [1.29, 1.82) is 0 Å². The number of methoxy groups -OCH3 is 1. The van der Waals surface area contributed by atoms with Gasteiger partial charge in [0, 0.05) is 36.1 Å². The van der Waals surface area contributed by atoms with Gasteiger partial charge < -0.3 is 29.6 Å². The fraction of sp³-hybridized carbons (Fsp3) is 0.528. The van der Waals surface area contributed by atoms with Gasteiger partial charge in [-0.05, 0) is 67.3 Å². The Balaban J connectivity index is 1.60. The van der Waals surface area contributed by atoms with Gasteiger partial charge in [-0.15, -0.1) is 0 Å². The van der Waals surface area contributed by atoms with Gasteiger partial charge in [0.25, 0.3) is 0 Å². The molecule has 2 aromatic rings. The maximum Gasteiger partial charge on any atom is 0.202 e. The molecule has 2 fully saturated rings. The first-order chi connectivity index (χ1) is 21.1. The van der Waals surface area contributed by atoms with Crippen molar-refractivity contribution in [2.45, 2.75) is 77.4 Å². The highest BCUT2D eigenvalue weighted by Crippen LogP contribution is 2.64. The van der Waals surface area contributed by atoms with Gasteiger partial charge in [0.1, 0.15) is 33.6 Å². The largest absolute Gasteiger partial charge is 0.508 e. The number of Topliss-reactive ketones (excluding diaryl/α,β-unsaturated/α-hetero) is 1. The fourth-order valence-electron chi connectivity index (χ4n) is 9.85. The number of aromatic hydroxyl groups is 2.